The minimum absolute atomic E-state index is 0.253. The molecule has 0 radical (unpaired) electrons. The molecule has 0 N–H and O–H groups in total. The monoisotopic (exact) mass is 332 g/mol. The van der Waals surface area contributed by atoms with Crippen LogP contribution in [0.3, 0.4) is 0 Å². The molecular formula is C18H40N2O3. The first-order valence-electron chi connectivity index (χ1n) is 9.61. The first-order chi connectivity index (χ1) is 11.1. The maximum Gasteiger partial charge on any atom is 0.294 e. The van der Waals surface area contributed by atoms with Gasteiger partial charge in [-0.2, -0.15) is 0 Å². The lowest BCUT2D eigenvalue weighted by molar-refractivity contribution is -0.757. The third-order valence-electron chi connectivity index (χ3n) is 4.04. The number of rotatable bonds is 15. The molecule has 0 aromatic heterocycles. The summed E-state index contributed by atoms with van der Waals surface area (Å²) in [4.78, 5) is 16.5. The average molecular weight is 333 g/mol. The first-order valence-corrected chi connectivity index (χ1v) is 9.61. The Kier molecular flexibility index (Phi) is 22.5. The lowest BCUT2D eigenvalue weighted by atomic mass is 10.1. The predicted octanol–water partition coefficient (Wildman–Crippen LogP) is 5.46. The van der Waals surface area contributed by atoms with Gasteiger partial charge in [-0.05, 0) is 26.1 Å². The molecule has 0 fully saturated rings. The zero-order chi connectivity index (χ0) is 17.8. The molecule has 23 heavy (non-hydrogen) atoms. The lowest BCUT2D eigenvalue weighted by Gasteiger charge is -2.13. The van der Waals surface area contributed by atoms with E-state index in [1.165, 1.54) is 71.0 Å². The molecule has 0 amide bonds. The van der Waals surface area contributed by atoms with Crippen LogP contribution in [0.4, 0.5) is 0 Å². The van der Waals surface area contributed by atoms with Crippen LogP contribution in [0.2, 0.25) is 0 Å². The molecule has 0 aliphatic heterocycles. The topological polar surface area (TPSA) is 55.6 Å². The van der Waals surface area contributed by atoms with Crippen molar-refractivity contribution in [2.45, 2.75) is 91.9 Å². The second kappa shape index (κ2) is 21.2. The fourth-order valence-electron chi connectivity index (χ4n) is 2.40. The van der Waals surface area contributed by atoms with Crippen molar-refractivity contribution < 1.29 is 9.92 Å². The standard InChI is InChI=1S/C12H25NO3.C6H15N/c1-2-3-4-5-6-7-8-9-10-11-12-16-13(14)15;1-4-7(5-2)6-3/h2-12H2,1H3;4-6H2,1-3H3. The minimum atomic E-state index is -0.715. The summed E-state index contributed by atoms with van der Waals surface area (Å²) in [5.74, 6) is 0. The Labute approximate surface area is 143 Å². The van der Waals surface area contributed by atoms with E-state index in [-0.39, 0.29) is 6.61 Å². The van der Waals surface area contributed by atoms with E-state index in [2.05, 4.69) is 37.4 Å². The SMILES string of the molecule is CCCCCCCCCCCCO[N+](=O)[O-].CCN(CC)CC. The highest BCUT2D eigenvalue weighted by atomic mass is 16.9. The van der Waals surface area contributed by atoms with E-state index >= 15 is 0 Å². The van der Waals surface area contributed by atoms with Crippen LogP contribution in [-0.2, 0) is 4.84 Å². The van der Waals surface area contributed by atoms with Crippen molar-refractivity contribution in [2.75, 3.05) is 26.2 Å². The van der Waals surface area contributed by atoms with Gasteiger partial charge in [-0.3, -0.25) is 0 Å². The minimum Gasteiger partial charge on any atom is -0.314 e. The molecule has 0 spiro atoms. The molecule has 0 heterocycles. The van der Waals surface area contributed by atoms with E-state index in [1.807, 2.05) is 0 Å². The largest absolute Gasteiger partial charge is 0.314 e. The van der Waals surface area contributed by atoms with E-state index in [0.29, 0.717) is 0 Å². The number of nitrogens with zero attached hydrogens (tertiary/aromatic N) is 2. The first kappa shape index (κ1) is 24.4. The predicted molar refractivity (Wildman–Crippen MR) is 98.3 cm³/mol. The Bertz CT molecular complexity index is 229. The summed E-state index contributed by atoms with van der Waals surface area (Å²) in [5.41, 5.74) is 0. The Balaban J connectivity index is 0. The maximum atomic E-state index is 9.84. The van der Waals surface area contributed by atoms with Gasteiger partial charge in [-0.15, -0.1) is 10.1 Å². The molecule has 0 atom stereocenters. The van der Waals surface area contributed by atoms with Crippen LogP contribution in [0, 0.1) is 10.1 Å². The fourth-order valence-corrected chi connectivity index (χ4v) is 2.40. The van der Waals surface area contributed by atoms with E-state index in [4.69, 9.17) is 0 Å². The van der Waals surface area contributed by atoms with Crippen LogP contribution in [0.1, 0.15) is 91.9 Å². The van der Waals surface area contributed by atoms with Crippen molar-refractivity contribution in [3.05, 3.63) is 10.1 Å². The fraction of sp³-hybridized carbons (Fsp3) is 1.00. The summed E-state index contributed by atoms with van der Waals surface area (Å²) in [5, 5.41) is 9.13. The Hall–Kier alpha value is -0.840. The normalized spacial score (nSPS) is 10.3. The summed E-state index contributed by atoms with van der Waals surface area (Å²) in [6.45, 7) is 12.6. The van der Waals surface area contributed by atoms with Gasteiger partial charge in [0.1, 0.15) is 0 Å². The van der Waals surface area contributed by atoms with Gasteiger partial charge in [0, 0.05) is 0 Å². The Morgan fingerprint density at radius 2 is 1.13 bits per heavy atom. The summed E-state index contributed by atoms with van der Waals surface area (Å²) < 4.78 is 0. The van der Waals surface area contributed by atoms with Crippen LogP contribution >= 0.6 is 0 Å². The Morgan fingerprint density at radius 3 is 1.43 bits per heavy atom. The molecule has 0 aliphatic carbocycles. The zero-order valence-electron chi connectivity index (χ0n) is 16.0. The van der Waals surface area contributed by atoms with Gasteiger partial charge in [-0.1, -0.05) is 85.5 Å². The molecule has 5 nitrogen and oxygen atoms in total. The average Bonchev–Trinajstić information content (AvgIpc) is 2.54. The van der Waals surface area contributed by atoms with Crippen molar-refractivity contribution in [1.29, 1.82) is 0 Å². The van der Waals surface area contributed by atoms with Gasteiger partial charge in [0.2, 0.25) is 0 Å². The van der Waals surface area contributed by atoms with E-state index in [9.17, 15) is 10.1 Å². The summed E-state index contributed by atoms with van der Waals surface area (Å²) in [6.07, 6.45) is 12.3. The second-order valence-electron chi connectivity index (χ2n) is 5.86. The number of unbranched alkanes of at least 4 members (excludes halogenated alkanes) is 9. The van der Waals surface area contributed by atoms with Crippen molar-refractivity contribution in [3.8, 4) is 0 Å². The molecule has 0 aliphatic rings. The molecule has 140 valence electrons. The van der Waals surface area contributed by atoms with E-state index in [1.54, 1.807) is 0 Å². The van der Waals surface area contributed by atoms with Gasteiger partial charge >= 0.3 is 0 Å². The van der Waals surface area contributed by atoms with Crippen LogP contribution in [0.15, 0.2) is 0 Å². The van der Waals surface area contributed by atoms with Gasteiger partial charge in [-0.25, -0.2) is 0 Å². The Morgan fingerprint density at radius 1 is 0.739 bits per heavy atom. The van der Waals surface area contributed by atoms with Crippen LogP contribution in [0.5, 0.6) is 0 Å². The quantitative estimate of drug-likeness (QED) is 0.227. The van der Waals surface area contributed by atoms with Crippen molar-refractivity contribution >= 4 is 0 Å². The molecule has 0 unspecified atom stereocenters. The zero-order valence-corrected chi connectivity index (χ0v) is 16.0. The molecule has 0 aromatic rings. The molecule has 0 bridgehead atoms. The maximum absolute atomic E-state index is 9.84. The van der Waals surface area contributed by atoms with E-state index < -0.39 is 5.09 Å². The third-order valence-corrected chi connectivity index (χ3v) is 4.04. The van der Waals surface area contributed by atoms with E-state index in [0.717, 1.165) is 12.8 Å². The molecule has 0 saturated carbocycles. The summed E-state index contributed by atoms with van der Waals surface area (Å²) in [7, 11) is 0. The molecule has 0 rings (SSSR count). The van der Waals surface area contributed by atoms with Gasteiger partial charge < -0.3 is 9.74 Å². The summed E-state index contributed by atoms with van der Waals surface area (Å²) >= 11 is 0. The van der Waals surface area contributed by atoms with Crippen LogP contribution < -0.4 is 0 Å². The highest BCUT2D eigenvalue weighted by Crippen LogP contribution is 2.10. The highest BCUT2D eigenvalue weighted by molar-refractivity contribution is 4.47. The molecular weight excluding hydrogens is 292 g/mol. The number of hydrogen-bond donors (Lipinski definition) is 0. The lowest BCUT2D eigenvalue weighted by Crippen LogP contribution is -2.21. The highest BCUT2D eigenvalue weighted by Gasteiger charge is 1.95. The molecule has 0 aromatic carbocycles. The summed E-state index contributed by atoms with van der Waals surface area (Å²) in [6, 6.07) is 0. The van der Waals surface area contributed by atoms with Crippen molar-refractivity contribution in [1.82, 2.24) is 4.90 Å². The smallest absolute Gasteiger partial charge is 0.294 e. The molecule has 5 heteroatoms. The third kappa shape index (κ3) is 23.6. The van der Waals surface area contributed by atoms with Gasteiger partial charge in [0.05, 0.1) is 6.61 Å². The molecule has 0 saturated heterocycles. The van der Waals surface area contributed by atoms with Crippen LogP contribution in [0.25, 0.3) is 0 Å². The van der Waals surface area contributed by atoms with Crippen LogP contribution in [-0.4, -0.2) is 36.2 Å². The van der Waals surface area contributed by atoms with Gasteiger partial charge in [0.25, 0.3) is 5.09 Å². The van der Waals surface area contributed by atoms with Crippen molar-refractivity contribution in [2.24, 2.45) is 0 Å². The van der Waals surface area contributed by atoms with Crippen molar-refractivity contribution in [3.63, 3.8) is 0 Å². The second-order valence-corrected chi connectivity index (χ2v) is 5.86. The van der Waals surface area contributed by atoms with Gasteiger partial charge in [0.15, 0.2) is 0 Å². The number of hydrogen-bond acceptors (Lipinski definition) is 4.